The fourth-order valence-electron chi connectivity index (χ4n) is 0.833. The summed E-state index contributed by atoms with van der Waals surface area (Å²) < 4.78 is 0. The van der Waals surface area contributed by atoms with Gasteiger partial charge in [0, 0.05) is 6.21 Å². The Bertz CT molecular complexity index is 271. The van der Waals surface area contributed by atoms with E-state index in [9.17, 15) is 0 Å². The highest BCUT2D eigenvalue weighted by Gasteiger charge is 1.88. The van der Waals surface area contributed by atoms with Crippen LogP contribution in [0.3, 0.4) is 0 Å². The molecule has 0 fully saturated rings. The zero-order chi connectivity index (χ0) is 8.81. The maximum absolute atomic E-state index is 9.06. The molecule has 0 saturated heterocycles. The van der Waals surface area contributed by atoms with E-state index < -0.39 is 0 Å². The molecule has 0 bridgehead atoms. The SMILES string of the molecule is OCC/N=C/c1cccc(O)c1. The predicted octanol–water partition coefficient (Wildman–Crippen LogP) is 0.803. The van der Waals surface area contributed by atoms with Crippen molar-refractivity contribution in [1.82, 2.24) is 0 Å². The summed E-state index contributed by atoms with van der Waals surface area (Å²) in [5, 5.41) is 17.5. The van der Waals surface area contributed by atoms with Gasteiger partial charge in [-0.3, -0.25) is 4.99 Å². The van der Waals surface area contributed by atoms with Crippen molar-refractivity contribution in [3.05, 3.63) is 29.8 Å². The Morgan fingerprint density at radius 2 is 2.25 bits per heavy atom. The van der Waals surface area contributed by atoms with Gasteiger partial charge in [0.25, 0.3) is 0 Å². The second-order valence-electron chi connectivity index (χ2n) is 2.35. The van der Waals surface area contributed by atoms with Gasteiger partial charge in [0.05, 0.1) is 13.2 Å². The summed E-state index contributed by atoms with van der Waals surface area (Å²) in [5.74, 6) is 0.225. The third-order valence-electron chi connectivity index (χ3n) is 1.34. The van der Waals surface area contributed by atoms with Crippen LogP contribution >= 0.6 is 0 Å². The van der Waals surface area contributed by atoms with Gasteiger partial charge in [0.1, 0.15) is 5.75 Å². The molecular formula is C9H11NO2. The Hall–Kier alpha value is -1.35. The van der Waals surface area contributed by atoms with Gasteiger partial charge < -0.3 is 10.2 Å². The first-order valence-corrected chi connectivity index (χ1v) is 3.72. The number of aliphatic imine (C=N–C) groups is 1. The number of nitrogens with zero attached hydrogens (tertiary/aromatic N) is 1. The molecule has 0 saturated carbocycles. The molecule has 1 aromatic carbocycles. The first-order valence-electron chi connectivity index (χ1n) is 3.72. The van der Waals surface area contributed by atoms with Crippen LogP contribution in [0.1, 0.15) is 5.56 Å². The topological polar surface area (TPSA) is 52.8 Å². The summed E-state index contributed by atoms with van der Waals surface area (Å²) in [7, 11) is 0. The van der Waals surface area contributed by atoms with E-state index >= 15 is 0 Å². The van der Waals surface area contributed by atoms with E-state index in [2.05, 4.69) is 4.99 Å². The second-order valence-corrected chi connectivity index (χ2v) is 2.35. The largest absolute Gasteiger partial charge is 0.508 e. The van der Waals surface area contributed by atoms with Crippen LogP contribution < -0.4 is 0 Å². The van der Waals surface area contributed by atoms with Gasteiger partial charge in [-0.25, -0.2) is 0 Å². The van der Waals surface area contributed by atoms with E-state index in [1.54, 1.807) is 24.4 Å². The average Bonchev–Trinajstić information content (AvgIpc) is 2.05. The zero-order valence-electron chi connectivity index (χ0n) is 6.64. The normalized spacial score (nSPS) is 10.8. The Morgan fingerprint density at radius 1 is 1.42 bits per heavy atom. The van der Waals surface area contributed by atoms with Crippen molar-refractivity contribution < 1.29 is 10.2 Å². The minimum atomic E-state index is 0.0509. The van der Waals surface area contributed by atoms with Crippen LogP contribution in [0.25, 0.3) is 0 Å². The summed E-state index contributed by atoms with van der Waals surface area (Å²) >= 11 is 0. The van der Waals surface area contributed by atoms with Crippen molar-refractivity contribution in [1.29, 1.82) is 0 Å². The van der Waals surface area contributed by atoms with Gasteiger partial charge in [0.15, 0.2) is 0 Å². The maximum Gasteiger partial charge on any atom is 0.116 e. The summed E-state index contributed by atoms with van der Waals surface area (Å²) in [6.45, 7) is 0.449. The maximum atomic E-state index is 9.06. The number of aliphatic hydroxyl groups is 1. The average molecular weight is 165 g/mol. The van der Waals surface area contributed by atoms with Gasteiger partial charge in [-0.2, -0.15) is 0 Å². The number of rotatable bonds is 3. The van der Waals surface area contributed by atoms with Gasteiger partial charge in [-0.05, 0) is 17.7 Å². The van der Waals surface area contributed by atoms with Crippen molar-refractivity contribution in [2.45, 2.75) is 0 Å². The molecule has 2 N–H and O–H groups in total. The van der Waals surface area contributed by atoms with Crippen molar-refractivity contribution in [3.8, 4) is 5.75 Å². The van der Waals surface area contributed by atoms with E-state index in [4.69, 9.17) is 10.2 Å². The van der Waals surface area contributed by atoms with Crippen LogP contribution in [-0.2, 0) is 0 Å². The predicted molar refractivity (Wildman–Crippen MR) is 47.7 cm³/mol. The molecule has 0 spiro atoms. The Kier molecular flexibility index (Phi) is 3.29. The van der Waals surface area contributed by atoms with Gasteiger partial charge in [-0.15, -0.1) is 0 Å². The van der Waals surface area contributed by atoms with E-state index in [0.717, 1.165) is 5.56 Å². The first kappa shape index (κ1) is 8.74. The molecule has 0 radical (unpaired) electrons. The van der Waals surface area contributed by atoms with Crippen molar-refractivity contribution in [3.63, 3.8) is 0 Å². The molecular weight excluding hydrogens is 154 g/mol. The monoisotopic (exact) mass is 165 g/mol. The smallest absolute Gasteiger partial charge is 0.116 e. The van der Waals surface area contributed by atoms with Crippen molar-refractivity contribution in [2.75, 3.05) is 13.2 Å². The molecule has 0 aliphatic heterocycles. The number of aromatic hydroxyl groups is 1. The number of aliphatic hydroxyl groups excluding tert-OH is 1. The molecule has 64 valence electrons. The number of benzene rings is 1. The highest BCUT2D eigenvalue weighted by atomic mass is 16.3. The van der Waals surface area contributed by atoms with Crippen molar-refractivity contribution in [2.24, 2.45) is 4.99 Å². The summed E-state index contributed by atoms with van der Waals surface area (Å²) in [6.07, 6.45) is 1.62. The van der Waals surface area contributed by atoms with Gasteiger partial charge in [-0.1, -0.05) is 12.1 Å². The summed E-state index contributed by atoms with van der Waals surface area (Å²) in [5.41, 5.74) is 0.837. The Labute approximate surface area is 71.0 Å². The summed E-state index contributed by atoms with van der Waals surface area (Å²) in [6, 6.07) is 6.79. The number of hydrogen-bond acceptors (Lipinski definition) is 3. The van der Waals surface area contributed by atoms with Gasteiger partial charge in [0.2, 0.25) is 0 Å². The van der Waals surface area contributed by atoms with Crippen LogP contribution in [0.5, 0.6) is 5.75 Å². The van der Waals surface area contributed by atoms with Crippen LogP contribution in [-0.4, -0.2) is 29.6 Å². The van der Waals surface area contributed by atoms with Gasteiger partial charge >= 0.3 is 0 Å². The van der Waals surface area contributed by atoms with Crippen LogP contribution in [0.4, 0.5) is 0 Å². The zero-order valence-corrected chi connectivity index (χ0v) is 6.64. The lowest BCUT2D eigenvalue weighted by molar-refractivity contribution is 0.307. The van der Waals surface area contributed by atoms with E-state index in [1.807, 2.05) is 6.07 Å². The lowest BCUT2D eigenvalue weighted by atomic mass is 10.2. The minimum absolute atomic E-state index is 0.0509. The minimum Gasteiger partial charge on any atom is -0.508 e. The van der Waals surface area contributed by atoms with Crippen LogP contribution in [0, 0.1) is 0 Å². The number of phenols is 1. The molecule has 1 rings (SSSR count). The lowest BCUT2D eigenvalue weighted by Crippen LogP contribution is -1.88. The highest BCUT2D eigenvalue weighted by Crippen LogP contribution is 2.08. The third-order valence-corrected chi connectivity index (χ3v) is 1.34. The quantitative estimate of drug-likeness (QED) is 0.651. The first-order chi connectivity index (χ1) is 5.83. The van der Waals surface area contributed by atoms with E-state index in [-0.39, 0.29) is 12.4 Å². The van der Waals surface area contributed by atoms with E-state index in [0.29, 0.717) is 6.54 Å². The standard InChI is InChI=1S/C9H11NO2/c11-5-4-10-7-8-2-1-3-9(12)6-8/h1-3,6-7,11-12H,4-5H2/b10-7+. The van der Waals surface area contributed by atoms with E-state index in [1.165, 1.54) is 0 Å². The third kappa shape index (κ3) is 2.72. The molecule has 3 nitrogen and oxygen atoms in total. The fraction of sp³-hybridized carbons (Fsp3) is 0.222. The van der Waals surface area contributed by atoms with Crippen LogP contribution in [0.15, 0.2) is 29.3 Å². The highest BCUT2D eigenvalue weighted by molar-refractivity contribution is 5.80. The molecule has 0 aliphatic carbocycles. The molecule has 0 aliphatic rings. The fourth-order valence-corrected chi connectivity index (χ4v) is 0.833. The molecule has 1 aromatic rings. The number of hydrogen-bond donors (Lipinski definition) is 2. The number of phenolic OH excluding ortho intramolecular Hbond substituents is 1. The molecule has 0 unspecified atom stereocenters. The molecule has 0 heterocycles. The second kappa shape index (κ2) is 4.51. The molecule has 0 aromatic heterocycles. The molecule has 3 heteroatoms. The summed E-state index contributed by atoms with van der Waals surface area (Å²) in [4.78, 5) is 3.92. The Balaban J connectivity index is 2.63. The van der Waals surface area contributed by atoms with Crippen molar-refractivity contribution >= 4 is 6.21 Å². The van der Waals surface area contributed by atoms with Crippen LogP contribution in [0.2, 0.25) is 0 Å². The Morgan fingerprint density at radius 3 is 2.92 bits per heavy atom. The lowest BCUT2D eigenvalue weighted by Gasteiger charge is -1.93. The molecule has 0 amide bonds. The molecule has 0 atom stereocenters. The molecule has 12 heavy (non-hydrogen) atoms.